The SMILES string of the molecule is Cc1ccc(C)c(NC(=O)CSC2NC(=O)C3SC(=S)N(c4ccc(Cl)cc4)C3N2)c1. The van der Waals surface area contributed by atoms with Crippen LogP contribution in [0.15, 0.2) is 42.5 Å². The maximum atomic E-state index is 12.7. The van der Waals surface area contributed by atoms with Crippen molar-refractivity contribution in [3.63, 3.8) is 0 Å². The van der Waals surface area contributed by atoms with Crippen molar-refractivity contribution in [1.82, 2.24) is 10.6 Å². The van der Waals surface area contributed by atoms with Crippen LogP contribution in [0.5, 0.6) is 0 Å². The molecule has 3 unspecified atom stereocenters. The Kier molecular flexibility index (Phi) is 6.78. The molecule has 162 valence electrons. The van der Waals surface area contributed by atoms with Crippen LogP contribution in [-0.2, 0) is 9.59 Å². The van der Waals surface area contributed by atoms with Crippen molar-refractivity contribution in [2.24, 2.45) is 0 Å². The summed E-state index contributed by atoms with van der Waals surface area (Å²) in [7, 11) is 0. The number of amides is 2. The minimum atomic E-state index is -0.408. The van der Waals surface area contributed by atoms with Gasteiger partial charge >= 0.3 is 0 Å². The minimum Gasteiger partial charge on any atom is -0.331 e. The first kappa shape index (κ1) is 22.4. The molecule has 2 saturated heterocycles. The second kappa shape index (κ2) is 9.38. The third-order valence-electron chi connectivity index (χ3n) is 5.00. The molecule has 10 heteroatoms. The summed E-state index contributed by atoms with van der Waals surface area (Å²) in [5.74, 6) is -0.0240. The number of carbonyl (C=O) groups excluding carboxylic acids is 2. The van der Waals surface area contributed by atoms with Crippen molar-refractivity contribution in [3.8, 4) is 0 Å². The molecule has 2 amide bonds. The van der Waals surface area contributed by atoms with Crippen LogP contribution in [0.2, 0.25) is 5.02 Å². The van der Waals surface area contributed by atoms with E-state index in [9.17, 15) is 9.59 Å². The first-order valence-corrected chi connectivity index (χ1v) is 12.3. The van der Waals surface area contributed by atoms with Crippen LogP contribution in [0.3, 0.4) is 0 Å². The normalized spacial score (nSPS) is 22.8. The Balaban J connectivity index is 1.41. The Bertz CT molecular complexity index is 1030. The molecule has 2 aromatic rings. The average molecular weight is 493 g/mol. The third-order valence-corrected chi connectivity index (χ3v) is 7.87. The summed E-state index contributed by atoms with van der Waals surface area (Å²) in [6.45, 7) is 3.94. The summed E-state index contributed by atoms with van der Waals surface area (Å²) < 4.78 is 0.623. The van der Waals surface area contributed by atoms with E-state index in [4.69, 9.17) is 23.8 Å². The minimum absolute atomic E-state index is 0.0972. The fraction of sp³-hybridized carbons (Fsp3) is 0.286. The molecular formula is C21H21ClN4O2S3. The lowest BCUT2D eigenvalue weighted by atomic mass is 10.1. The quantitative estimate of drug-likeness (QED) is 0.547. The molecular weight excluding hydrogens is 472 g/mol. The van der Waals surface area contributed by atoms with Gasteiger partial charge in [-0.15, -0.1) is 11.8 Å². The second-order valence-corrected chi connectivity index (χ2v) is 10.6. The molecule has 2 heterocycles. The van der Waals surface area contributed by atoms with Crippen molar-refractivity contribution >= 4 is 74.9 Å². The van der Waals surface area contributed by atoms with Crippen molar-refractivity contribution in [1.29, 1.82) is 0 Å². The molecule has 0 radical (unpaired) electrons. The van der Waals surface area contributed by atoms with Gasteiger partial charge in [0.15, 0.2) is 0 Å². The fourth-order valence-electron chi connectivity index (χ4n) is 3.42. The summed E-state index contributed by atoms with van der Waals surface area (Å²) >= 11 is 14.2. The molecule has 3 N–H and O–H groups in total. The van der Waals surface area contributed by atoms with E-state index in [0.29, 0.717) is 9.34 Å². The van der Waals surface area contributed by atoms with Crippen molar-refractivity contribution in [2.75, 3.05) is 16.0 Å². The number of aryl methyl sites for hydroxylation is 2. The molecule has 31 heavy (non-hydrogen) atoms. The van der Waals surface area contributed by atoms with Gasteiger partial charge in [-0.25, -0.2) is 0 Å². The van der Waals surface area contributed by atoms with E-state index in [1.54, 1.807) is 12.1 Å². The summed E-state index contributed by atoms with van der Waals surface area (Å²) in [6.07, 6.45) is -0.299. The fourth-order valence-corrected chi connectivity index (χ4v) is 5.95. The second-order valence-electron chi connectivity index (χ2n) is 7.33. The molecule has 2 aliphatic heterocycles. The maximum Gasteiger partial charge on any atom is 0.238 e. The first-order chi connectivity index (χ1) is 14.8. The third kappa shape index (κ3) is 5.01. The molecule has 3 atom stereocenters. The zero-order chi connectivity index (χ0) is 22.1. The number of rotatable bonds is 5. The monoisotopic (exact) mass is 492 g/mol. The number of halogens is 1. The lowest BCUT2D eigenvalue weighted by molar-refractivity contribution is -0.122. The van der Waals surface area contributed by atoms with E-state index in [-0.39, 0.29) is 29.0 Å². The lowest BCUT2D eigenvalue weighted by Gasteiger charge is -2.36. The summed E-state index contributed by atoms with van der Waals surface area (Å²) in [4.78, 5) is 27.1. The van der Waals surface area contributed by atoms with E-state index in [0.717, 1.165) is 22.5 Å². The number of anilines is 2. The van der Waals surface area contributed by atoms with Gasteiger partial charge < -0.3 is 15.5 Å². The molecule has 2 aromatic carbocycles. The molecule has 0 aliphatic carbocycles. The van der Waals surface area contributed by atoms with E-state index in [1.807, 2.05) is 49.1 Å². The van der Waals surface area contributed by atoms with E-state index in [1.165, 1.54) is 23.5 Å². The van der Waals surface area contributed by atoms with Crippen molar-refractivity contribution < 1.29 is 9.59 Å². The number of benzene rings is 2. The molecule has 0 aromatic heterocycles. The van der Waals surface area contributed by atoms with Crippen LogP contribution in [0.1, 0.15) is 11.1 Å². The highest BCUT2D eigenvalue weighted by molar-refractivity contribution is 8.24. The molecule has 6 nitrogen and oxygen atoms in total. The maximum absolute atomic E-state index is 12.7. The number of hydrogen-bond acceptors (Lipinski definition) is 6. The van der Waals surface area contributed by atoms with Gasteiger partial charge in [0, 0.05) is 16.4 Å². The zero-order valence-electron chi connectivity index (χ0n) is 16.8. The molecule has 4 rings (SSSR count). The van der Waals surface area contributed by atoms with Gasteiger partial charge in [0.05, 0.1) is 5.75 Å². The van der Waals surface area contributed by atoms with E-state index >= 15 is 0 Å². The van der Waals surface area contributed by atoms with Crippen molar-refractivity contribution in [2.45, 2.75) is 30.8 Å². The van der Waals surface area contributed by atoms with Gasteiger partial charge in [-0.3, -0.25) is 14.9 Å². The van der Waals surface area contributed by atoms with Crippen LogP contribution in [0, 0.1) is 13.8 Å². The smallest absolute Gasteiger partial charge is 0.238 e. The number of nitrogens with zero attached hydrogens (tertiary/aromatic N) is 1. The summed E-state index contributed by atoms with van der Waals surface area (Å²) in [5.41, 5.74) is 3.35. The van der Waals surface area contributed by atoms with Gasteiger partial charge in [0.2, 0.25) is 11.8 Å². The molecule has 2 fully saturated rings. The number of thioether (sulfide) groups is 2. The first-order valence-electron chi connectivity index (χ1n) is 9.62. The molecule has 0 bridgehead atoms. The number of carbonyl (C=O) groups is 2. The lowest BCUT2D eigenvalue weighted by Crippen LogP contribution is -2.64. The highest BCUT2D eigenvalue weighted by Crippen LogP contribution is 2.37. The van der Waals surface area contributed by atoms with Crippen LogP contribution in [-0.4, -0.2) is 38.8 Å². The molecule has 2 aliphatic rings. The largest absolute Gasteiger partial charge is 0.331 e. The van der Waals surface area contributed by atoms with Crippen LogP contribution in [0.25, 0.3) is 0 Å². The predicted molar refractivity (Wildman–Crippen MR) is 134 cm³/mol. The van der Waals surface area contributed by atoms with E-state index in [2.05, 4.69) is 16.0 Å². The predicted octanol–water partition coefficient (Wildman–Crippen LogP) is 3.86. The summed E-state index contributed by atoms with van der Waals surface area (Å²) in [5, 5.41) is 9.57. The Morgan fingerprint density at radius 2 is 2.00 bits per heavy atom. The summed E-state index contributed by atoms with van der Waals surface area (Å²) in [6, 6.07) is 13.3. The number of fused-ring (bicyclic) bond motifs is 1. The highest BCUT2D eigenvalue weighted by Gasteiger charge is 2.47. The Morgan fingerprint density at radius 3 is 2.74 bits per heavy atom. The Morgan fingerprint density at radius 1 is 1.26 bits per heavy atom. The van der Waals surface area contributed by atoms with Gasteiger partial charge in [-0.2, -0.15) is 0 Å². The Labute approximate surface area is 199 Å². The van der Waals surface area contributed by atoms with Gasteiger partial charge in [0.1, 0.15) is 21.2 Å². The number of hydrogen-bond donors (Lipinski definition) is 3. The van der Waals surface area contributed by atoms with Gasteiger partial charge in [-0.1, -0.05) is 47.7 Å². The van der Waals surface area contributed by atoms with Gasteiger partial charge in [0.25, 0.3) is 0 Å². The molecule has 0 spiro atoms. The van der Waals surface area contributed by atoms with Crippen LogP contribution >= 0.6 is 47.3 Å². The van der Waals surface area contributed by atoms with Crippen molar-refractivity contribution in [3.05, 3.63) is 58.6 Å². The van der Waals surface area contributed by atoms with Crippen LogP contribution in [0.4, 0.5) is 11.4 Å². The van der Waals surface area contributed by atoms with E-state index < -0.39 is 5.50 Å². The topological polar surface area (TPSA) is 73.5 Å². The number of nitrogens with one attached hydrogen (secondary N) is 3. The standard InChI is InChI=1S/C21H21ClN4O2S3/c1-11-3-4-12(2)15(9-11)23-16(27)10-30-20-24-18-17(19(28)25-20)31-21(29)26(18)14-7-5-13(22)6-8-14/h3-9,17-18,20,24H,10H2,1-2H3,(H,23,27)(H,25,28). The zero-order valence-corrected chi connectivity index (χ0v) is 20.1. The molecule has 0 saturated carbocycles. The highest BCUT2D eigenvalue weighted by atomic mass is 35.5. The van der Waals surface area contributed by atoms with Crippen LogP contribution < -0.4 is 20.9 Å². The Hall–Kier alpha value is -1.78. The number of thiocarbonyl (C=S) groups is 1. The average Bonchev–Trinajstić information content (AvgIpc) is 3.06. The van der Waals surface area contributed by atoms with Gasteiger partial charge in [-0.05, 0) is 55.3 Å².